The van der Waals surface area contributed by atoms with Gasteiger partial charge in [-0.3, -0.25) is 14.8 Å². The Bertz CT molecular complexity index is 665. The minimum Gasteiger partial charge on any atom is -0.334 e. The number of aromatic amines is 1. The molecule has 2 fully saturated rings. The highest BCUT2D eigenvalue weighted by molar-refractivity contribution is 6.04. The van der Waals surface area contributed by atoms with Gasteiger partial charge in [-0.15, -0.1) is 0 Å². The van der Waals surface area contributed by atoms with Gasteiger partial charge in [0.05, 0.1) is 5.52 Å². The third-order valence-corrected chi connectivity index (χ3v) is 4.80. The number of hydrogen-bond donors (Lipinski definition) is 1. The number of benzene rings is 1. The molecule has 1 aromatic carbocycles. The second-order valence-corrected chi connectivity index (χ2v) is 6.05. The van der Waals surface area contributed by atoms with E-state index in [9.17, 15) is 4.79 Å². The number of carbonyl (C=O) groups is 1. The summed E-state index contributed by atoms with van der Waals surface area (Å²) in [6.45, 7) is 3.85. The summed E-state index contributed by atoms with van der Waals surface area (Å²) >= 11 is 0. The Hall–Kier alpha value is -1.88. The first-order chi connectivity index (χ1) is 10.3. The van der Waals surface area contributed by atoms with E-state index in [1.54, 1.807) is 0 Å². The van der Waals surface area contributed by atoms with E-state index in [0.717, 1.165) is 30.5 Å². The van der Waals surface area contributed by atoms with Gasteiger partial charge in [-0.05, 0) is 25.5 Å². The lowest BCUT2D eigenvalue weighted by atomic mass is 9.99. The molecule has 21 heavy (non-hydrogen) atoms. The van der Waals surface area contributed by atoms with Crippen molar-refractivity contribution in [1.29, 1.82) is 0 Å². The lowest BCUT2D eigenvalue weighted by molar-refractivity contribution is 0.0369. The zero-order valence-corrected chi connectivity index (χ0v) is 12.1. The summed E-state index contributed by atoms with van der Waals surface area (Å²) in [6, 6.07) is 8.37. The van der Waals surface area contributed by atoms with Crippen molar-refractivity contribution in [3.8, 4) is 0 Å². The molecule has 2 saturated heterocycles. The van der Waals surface area contributed by atoms with Gasteiger partial charge in [-0.2, -0.15) is 5.10 Å². The molecular formula is C16H20N4O. The maximum Gasteiger partial charge on any atom is 0.275 e. The number of nitrogens with one attached hydrogen (secondary N) is 1. The number of para-hydroxylation sites is 1. The molecule has 1 amide bonds. The second kappa shape index (κ2) is 5.15. The third kappa shape index (κ3) is 2.21. The summed E-state index contributed by atoms with van der Waals surface area (Å²) in [6.07, 6.45) is 3.80. The molecular weight excluding hydrogens is 264 g/mol. The number of amides is 1. The van der Waals surface area contributed by atoms with Crippen molar-refractivity contribution in [2.45, 2.75) is 25.3 Å². The molecule has 110 valence electrons. The largest absolute Gasteiger partial charge is 0.334 e. The first-order valence-corrected chi connectivity index (χ1v) is 7.79. The number of H-pyrrole nitrogens is 1. The lowest BCUT2D eigenvalue weighted by Crippen LogP contribution is -2.56. The Morgan fingerprint density at radius 2 is 2.10 bits per heavy atom. The molecule has 0 radical (unpaired) electrons. The molecule has 2 aliphatic heterocycles. The first-order valence-electron chi connectivity index (χ1n) is 7.79. The molecule has 0 bridgehead atoms. The van der Waals surface area contributed by atoms with Crippen LogP contribution < -0.4 is 0 Å². The van der Waals surface area contributed by atoms with Crippen molar-refractivity contribution in [2.24, 2.45) is 0 Å². The molecule has 1 N–H and O–H groups in total. The minimum absolute atomic E-state index is 0.0673. The predicted octanol–water partition coefficient (Wildman–Crippen LogP) is 1.87. The average Bonchev–Trinajstić information content (AvgIpc) is 2.98. The van der Waals surface area contributed by atoms with Crippen molar-refractivity contribution >= 4 is 16.8 Å². The normalized spacial score (nSPS) is 23.2. The number of aromatic nitrogens is 2. The Kier molecular flexibility index (Phi) is 3.15. The number of piperazine rings is 1. The maximum atomic E-state index is 12.8. The summed E-state index contributed by atoms with van der Waals surface area (Å²) in [4.78, 5) is 17.3. The molecule has 0 saturated carbocycles. The standard InChI is InChI=1S/C16H20N4O/c21-16(15-13-6-1-2-7-14(13)17-18-15)20-10-9-19-8-4-3-5-12(19)11-20/h1-2,6-7,12H,3-5,8-11H2,(H,17,18). The Labute approximate surface area is 123 Å². The van der Waals surface area contributed by atoms with Gasteiger partial charge >= 0.3 is 0 Å². The molecule has 1 aromatic heterocycles. The van der Waals surface area contributed by atoms with Crippen molar-refractivity contribution < 1.29 is 4.79 Å². The molecule has 4 rings (SSSR count). The Morgan fingerprint density at radius 1 is 1.19 bits per heavy atom. The highest BCUT2D eigenvalue weighted by Gasteiger charge is 2.32. The van der Waals surface area contributed by atoms with Gasteiger partial charge in [0.25, 0.3) is 5.91 Å². The van der Waals surface area contributed by atoms with E-state index in [1.807, 2.05) is 29.2 Å². The number of piperidine rings is 1. The monoisotopic (exact) mass is 284 g/mol. The lowest BCUT2D eigenvalue weighted by Gasteiger charge is -2.43. The van der Waals surface area contributed by atoms with Crippen LogP contribution in [-0.2, 0) is 0 Å². The number of hydrogen-bond acceptors (Lipinski definition) is 3. The minimum atomic E-state index is 0.0673. The highest BCUT2D eigenvalue weighted by Crippen LogP contribution is 2.23. The molecule has 5 heteroatoms. The van der Waals surface area contributed by atoms with Gasteiger partial charge in [0.15, 0.2) is 5.69 Å². The number of fused-ring (bicyclic) bond motifs is 2. The molecule has 1 atom stereocenters. The van der Waals surface area contributed by atoms with Crippen LogP contribution in [0.4, 0.5) is 0 Å². The number of carbonyl (C=O) groups excluding carboxylic acids is 1. The fourth-order valence-electron chi connectivity index (χ4n) is 3.62. The van der Waals surface area contributed by atoms with Crippen LogP contribution in [0.5, 0.6) is 0 Å². The topological polar surface area (TPSA) is 52.2 Å². The van der Waals surface area contributed by atoms with Crippen LogP contribution in [0.15, 0.2) is 24.3 Å². The second-order valence-electron chi connectivity index (χ2n) is 6.05. The van der Waals surface area contributed by atoms with Gasteiger partial charge in [0.2, 0.25) is 0 Å². The summed E-state index contributed by atoms with van der Waals surface area (Å²) < 4.78 is 0. The van der Waals surface area contributed by atoms with E-state index < -0.39 is 0 Å². The highest BCUT2D eigenvalue weighted by atomic mass is 16.2. The van der Waals surface area contributed by atoms with Crippen LogP contribution in [0.25, 0.3) is 10.9 Å². The van der Waals surface area contributed by atoms with Crippen LogP contribution >= 0.6 is 0 Å². The number of nitrogens with zero attached hydrogens (tertiary/aromatic N) is 3. The van der Waals surface area contributed by atoms with Crippen LogP contribution in [0.1, 0.15) is 29.8 Å². The van der Waals surface area contributed by atoms with E-state index in [1.165, 1.54) is 25.8 Å². The molecule has 5 nitrogen and oxygen atoms in total. The van der Waals surface area contributed by atoms with Gasteiger partial charge < -0.3 is 4.90 Å². The van der Waals surface area contributed by atoms with E-state index in [0.29, 0.717) is 11.7 Å². The fraction of sp³-hybridized carbons (Fsp3) is 0.500. The van der Waals surface area contributed by atoms with E-state index in [2.05, 4.69) is 15.1 Å². The first kappa shape index (κ1) is 12.8. The Balaban J connectivity index is 1.57. The molecule has 2 aromatic rings. The molecule has 3 heterocycles. The zero-order valence-electron chi connectivity index (χ0n) is 12.1. The zero-order chi connectivity index (χ0) is 14.2. The van der Waals surface area contributed by atoms with Gasteiger partial charge in [0.1, 0.15) is 0 Å². The van der Waals surface area contributed by atoms with Crippen LogP contribution in [-0.4, -0.2) is 58.1 Å². The third-order valence-electron chi connectivity index (χ3n) is 4.80. The summed E-state index contributed by atoms with van der Waals surface area (Å²) in [5, 5.41) is 8.13. The Morgan fingerprint density at radius 3 is 3.05 bits per heavy atom. The SMILES string of the molecule is O=C(c1n[nH]c2ccccc12)N1CCN2CCCCC2C1. The van der Waals surface area contributed by atoms with Gasteiger partial charge in [-0.1, -0.05) is 24.6 Å². The van der Waals surface area contributed by atoms with Crippen molar-refractivity contribution in [2.75, 3.05) is 26.2 Å². The van der Waals surface area contributed by atoms with Crippen LogP contribution in [0.2, 0.25) is 0 Å². The molecule has 0 spiro atoms. The summed E-state index contributed by atoms with van der Waals surface area (Å²) in [5.74, 6) is 0.0673. The van der Waals surface area contributed by atoms with E-state index in [4.69, 9.17) is 0 Å². The number of rotatable bonds is 1. The van der Waals surface area contributed by atoms with Crippen molar-refractivity contribution in [3.63, 3.8) is 0 Å². The maximum absolute atomic E-state index is 12.8. The summed E-state index contributed by atoms with van der Waals surface area (Å²) in [7, 11) is 0. The quantitative estimate of drug-likeness (QED) is 0.870. The van der Waals surface area contributed by atoms with Crippen molar-refractivity contribution in [3.05, 3.63) is 30.0 Å². The molecule has 2 aliphatic rings. The predicted molar refractivity (Wildman–Crippen MR) is 81.2 cm³/mol. The van der Waals surface area contributed by atoms with Gasteiger partial charge in [-0.25, -0.2) is 0 Å². The molecule has 0 aliphatic carbocycles. The van der Waals surface area contributed by atoms with Gasteiger partial charge in [0, 0.05) is 31.1 Å². The van der Waals surface area contributed by atoms with Crippen LogP contribution in [0.3, 0.4) is 0 Å². The summed E-state index contributed by atoms with van der Waals surface area (Å²) in [5.41, 5.74) is 1.49. The smallest absolute Gasteiger partial charge is 0.275 e. The van der Waals surface area contributed by atoms with E-state index >= 15 is 0 Å². The average molecular weight is 284 g/mol. The van der Waals surface area contributed by atoms with Crippen molar-refractivity contribution in [1.82, 2.24) is 20.0 Å². The van der Waals surface area contributed by atoms with E-state index in [-0.39, 0.29) is 5.91 Å². The fourth-order valence-corrected chi connectivity index (χ4v) is 3.62. The molecule has 1 unspecified atom stereocenters. The van der Waals surface area contributed by atoms with Crippen LogP contribution in [0, 0.1) is 0 Å².